The van der Waals surface area contributed by atoms with Gasteiger partial charge in [-0.25, -0.2) is 8.42 Å². The first-order valence-electron chi connectivity index (χ1n) is 12.4. The summed E-state index contributed by atoms with van der Waals surface area (Å²) >= 11 is 12.1. The summed E-state index contributed by atoms with van der Waals surface area (Å²) in [6.07, 6.45) is -0.163. The molecule has 7 nitrogen and oxygen atoms in total. The maximum Gasteiger partial charge on any atom is 0.416 e. The van der Waals surface area contributed by atoms with Crippen LogP contribution in [0.2, 0.25) is 10.0 Å². The van der Waals surface area contributed by atoms with E-state index in [2.05, 4.69) is 5.32 Å². The topological polar surface area (TPSA) is 86.8 Å². The van der Waals surface area contributed by atoms with Crippen molar-refractivity contribution in [2.45, 2.75) is 63.8 Å². The average Bonchev–Trinajstić information content (AvgIpc) is 3.35. The zero-order chi connectivity index (χ0) is 29.0. The van der Waals surface area contributed by atoms with Crippen molar-refractivity contribution in [1.29, 1.82) is 0 Å². The van der Waals surface area contributed by atoms with E-state index in [1.165, 1.54) is 4.90 Å². The molecule has 13 heteroatoms. The van der Waals surface area contributed by atoms with Gasteiger partial charge in [0, 0.05) is 17.6 Å². The minimum atomic E-state index is -4.77. The molecule has 214 valence electrons. The van der Waals surface area contributed by atoms with E-state index in [4.69, 9.17) is 23.2 Å². The van der Waals surface area contributed by atoms with Crippen LogP contribution in [-0.4, -0.2) is 50.0 Å². The smallest absolute Gasteiger partial charge is 0.352 e. The van der Waals surface area contributed by atoms with E-state index in [0.717, 1.165) is 44.1 Å². The Balaban J connectivity index is 1.99. The van der Waals surface area contributed by atoms with Crippen molar-refractivity contribution in [3.63, 3.8) is 0 Å². The summed E-state index contributed by atoms with van der Waals surface area (Å²) in [5, 5.41) is 3.16. The first kappa shape index (κ1) is 31.0. The maximum atomic E-state index is 13.7. The third-order valence-electron chi connectivity index (χ3n) is 6.57. The molecule has 3 rings (SSSR count). The van der Waals surface area contributed by atoms with E-state index in [1.807, 2.05) is 0 Å². The number of nitrogens with zero attached hydrogens (tertiary/aromatic N) is 2. The Morgan fingerprint density at radius 1 is 1.08 bits per heavy atom. The molecule has 1 fully saturated rings. The molecule has 0 unspecified atom stereocenters. The van der Waals surface area contributed by atoms with Crippen LogP contribution in [0.25, 0.3) is 0 Å². The SMILES string of the molecule is CC[C@@H](C(=O)NC1CCCC1)N(Cc1ccc(Cl)cc1)C(=O)CN(c1cc(C(F)(F)F)ccc1Cl)S(C)(=O)=O. The van der Waals surface area contributed by atoms with Gasteiger partial charge in [0.2, 0.25) is 21.8 Å². The number of rotatable bonds is 10. The van der Waals surface area contributed by atoms with Crippen LogP contribution in [0.4, 0.5) is 18.9 Å². The van der Waals surface area contributed by atoms with Crippen LogP contribution in [0.3, 0.4) is 0 Å². The molecule has 0 saturated heterocycles. The fraction of sp³-hybridized carbons (Fsp3) is 0.462. The second kappa shape index (κ2) is 12.8. The van der Waals surface area contributed by atoms with E-state index in [0.29, 0.717) is 21.0 Å². The monoisotopic (exact) mass is 607 g/mol. The zero-order valence-corrected chi connectivity index (χ0v) is 23.8. The molecule has 2 amide bonds. The number of carbonyl (C=O) groups is 2. The van der Waals surface area contributed by atoms with Crippen molar-refractivity contribution in [2.75, 3.05) is 17.1 Å². The number of amides is 2. The molecule has 1 saturated carbocycles. The molecular formula is C26H30Cl2F3N3O4S. The van der Waals surface area contributed by atoms with Gasteiger partial charge in [-0.1, -0.05) is 55.1 Å². The van der Waals surface area contributed by atoms with Crippen LogP contribution in [0.5, 0.6) is 0 Å². The fourth-order valence-electron chi connectivity index (χ4n) is 4.55. The first-order valence-corrected chi connectivity index (χ1v) is 15.0. The molecule has 0 aromatic heterocycles. The number of hydrogen-bond donors (Lipinski definition) is 1. The lowest BCUT2D eigenvalue weighted by atomic mass is 10.1. The van der Waals surface area contributed by atoms with Crippen LogP contribution in [0.15, 0.2) is 42.5 Å². The molecule has 1 aliphatic carbocycles. The van der Waals surface area contributed by atoms with Crippen molar-refractivity contribution in [3.05, 3.63) is 63.6 Å². The van der Waals surface area contributed by atoms with Crippen LogP contribution in [0, 0.1) is 0 Å². The van der Waals surface area contributed by atoms with Gasteiger partial charge < -0.3 is 10.2 Å². The third kappa shape index (κ3) is 8.25. The van der Waals surface area contributed by atoms with Gasteiger partial charge in [0.05, 0.1) is 22.5 Å². The number of carbonyl (C=O) groups excluding carboxylic acids is 2. The molecule has 1 atom stereocenters. The van der Waals surface area contributed by atoms with Gasteiger partial charge in [-0.2, -0.15) is 13.2 Å². The van der Waals surface area contributed by atoms with E-state index in [1.54, 1.807) is 31.2 Å². The van der Waals surface area contributed by atoms with Gasteiger partial charge in [-0.05, 0) is 55.2 Å². The summed E-state index contributed by atoms with van der Waals surface area (Å²) in [4.78, 5) is 28.3. The van der Waals surface area contributed by atoms with Gasteiger partial charge in [0.25, 0.3) is 0 Å². The Morgan fingerprint density at radius 3 is 2.23 bits per heavy atom. The molecule has 39 heavy (non-hydrogen) atoms. The molecule has 0 aliphatic heterocycles. The standard InChI is InChI=1S/C26H30Cl2F3N3O4S/c1-3-22(25(36)32-20-6-4-5-7-20)33(15-17-8-11-19(27)12-9-17)24(35)16-34(39(2,37)38)23-14-18(26(29,30)31)10-13-21(23)28/h8-14,20,22H,3-7,15-16H2,1-2H3,(H,32,36)/t22-/m0/s1. The fourth-order valence-corrected chi connectivity index (χ4v) is 5.80. The molecule has 0 heterocycles. The number of halogens is 5. The third-order valence-corrected chi connectivity index (χ3v) is 8.27. The van der Waals surface area contributed by atoms with Crippen molar-refractivity contribution in [3.8, 4) is 0 Å². The highest BCUT2D eigenvalue weighted by atomic mass is 35.5. The molecule has 1 N–H and O–H groups in total. The van der Waals surface area contributed by atoms with Crippen molar-refractivity contribution in [2.24, 2.45) is 0 Å². The van der Waals surface area contributed by atoms with Gasteiger partial charge in [0.15, 0.2) is 0 Å². The molecule has 2 aromatic rings. The summed E-state index contributed by atoms with van der Waals surface area (Å²) in [5.74, 6) is -1.16. The predicted octanol–water partition coefficient (Wildman–Crippen LogP) is 5.64. The van der Waals surface area contributed by atoms with Gasteiger partial charge in [-0.3, -0.25) is 13.9 Å². The molecule has 0 radical (unpaired) electrons. The Hall–Kier alpha value is -2.50. The van der Waals surface area contributed by atoms with E-state index in [-0.39, 0.29) is 29.9 Å². The number of sulfonamides is 1. The largest absolute Gasteiger partial charge is 0.416 e. The summed E-state index contributed by atoms with van der Waals surface area (Å²) < 4.78 is 66.1. The summed E-state index contributed by atoms with van der Waals surface area (Å²) in [6, 6.07) is 7.84. The molecule has 2 aromatic carbocycles. The second-order valence-corrected chi connectivity index (χ2v) is 12.2. The van der Waals surface area contributed by atoms with Crippen molar-refractivity contribution < 1.29 is 31.2 Å². The number of benzene rings is 2. The van der Waals surface area contributed by atoms with Gasteiger partial charge in [0.1, 0.15) is 12.6 Å². The van der Waals surface area contributed by atoms with Crippen molar-refractivity contribution >= 4 is 50.7 Å². The van der Waals surface area contributed by atoms with E-state index >= 15 is 0 Å². The zero-order valence-electron chi connectivity index (χ0n) is 21.5. The highest BCUT2D eigenvalue weighted by molar-refractivity contribution is 7.92. The van der Waals surface area contributed by atoms with Gasteiger partial charge in [-0.15, -0.1) is 0 Å². The second-order valence-electron chi connectivity index (χ2n) is 9.50. The Labute approximate surface area is 236 Å². The number of hydrogen-bond acceptors (Lipinski definition) is 4. The Morgan fingerprint density at radius 2 is 1.69 bits per heavy atom. The van der Waals surface area contributed by atoms with Crippen molar-refractivity contribution in [1.82, 2.24) is 10.2 Å². The van der Waals surface area contributed by atoms with Crippen LogP contribution >= 0.6 is 23.2 Å². The first-order chi connectivity index (χ1) is 18.2. The molecular weight excluding hydrogens is 578 g/mol. The highest BCUT2D eigenvalue weighted by Crippen LogP contribution is 2.36. The summed E-state index contributed by atoms with van der Waals surface area (Å²) in [7, 11) is -4.27. The number of anilines is 1. The van der Waals surface area contributed by atoms with Crippen LogP contribution in [-0.2, 0) is 32.3 Å². The summed E-state index contributed by atoms with van der Waals surface area (Å²) in [5.41, 5.74) is -0.983. The predicted molar refractivity (Wildman–Crippen MR) is 145 cm³/mol. The normalized spacial score (nSPS) is 15.2. The molecule has 1 aliphatic rings. The van der Waals surface area contributed by atoms with E-state index in [9.17, 15) is 31.2 Å². The lowest BCUT2D eigenvalue weighted by molar-refractivity contribution is -0.140. The molecule has 0 spiro atoms. The number of alkyl halides is 3. The lowest BCUT2D eigenvalue weighted by Gasteiger charge is -2.33. The minimum Gasteiger partial charge on any atom is -0.352 e. The maximum absolute atomic E-state index is 13.7. The van der Waals surface area contributed by atoms with E-state index < -0.39 is 45.9 Å². The average molecular weight is 609 g/mol. The Kier molecular flexibility index (Phi) is 10.2. The molecule has 0 bridgehead atoms. The van der Waals surface area contributed by atoms with Crippen LogP contribution in [0.1, 0.15) is 50.2 Å². The van der Waals surface area contributed by atoms with Gasteiger partial charge >= 0.3 is 6.18 Å². The minimum absolute atomic E-state index is 0.0181. The highest BCUT2D eigenvalue weighted by Gasteiger charge is 2.35. The summed E-state index contributed by atoms with van der Waals surface area (Å²) in [6.45, 7) is 0.806. The Bertz CT molecular complexity index is 1280. The van der Waals surface area contributed by atoms with Crippen LogP contribution < -0.4 is 9.62 Å². The number of nitrogens with one attached hydrogen (secondary N) is 1. The lowest BCUT2D eigenvalue weighted by Crippen LogP contribution is -2.53. The quantitative estimate of drug-likeness (QED) is 0.378.